The van der Waals surface area contributed by atoms with Crippen LogP contribution in [0.1, 0.15) is 23.2 Å². The Hall–Kier alpha value is -2.50. The Morgan fingerprint density at radius 2 is 2.19 bits per heavy atom. The van der Waals surface area contributed by atoms with Gasteiger partial charge in [0.15, 0.2) is 0 Å². The molecule has 0 heterocycles. The van der Waals surface area contributed by atoms with E-state index in [0.717, 1.165) is 0 Å². The molecule has 1 aromatic rings. The van der Waals surface area contributed by atoms with E-state index in [1.807, 2.05) is 0 Å². The van der Waals surface area contributed by atoms with Crippen molar-refractivity contribution < 1.29 is 24.2 Å². The summed E-state index contributed by atoms with van der Waals surface area (Å²) in [7, 11) is 1.53. The fourth-order valence-electron chi connectivity index (χ4n) is 1.62. The van der Waals surface area contributed by atoms with Crippen LogP contribution < -0.4 is 14.8 Å². The highest BCUT2D eigenvalue weighted by Crippen LogP contribution is 2.24. The molecule has 1 aromatic carbocycles. The molecular weight excluding hydrogens is 274 g/mol. The highest BCUT2D eigenvalue weighted by atomic mass is 16.5. The Labute approximate surface area is 123 Å². The van der Waals surface area contributed by atoms with Gasteiger partial charge in [-0.3, -0.25) is 9.59 Å². The lowest BCUT2D eigenvalue weighted by Gasteiger charge is -2.12. The van der Waals surface area contributed by atoms with Crippen LogP contribution in [0.25, 0.3) is 0 Å². The minimum atomic E-state index is -0.885. The molecule has 0 spiro atoms. The summed E-state index contributed by atoms with van der Waals surface area (Å²) in [6.45, 7) is 4.12. The first kappa shape index (κ1) is 16.6. The van der Waals surface area contributed by atoms with Gasteiger partial charge in [0, 0.05) is 19.0 Å². The minimum absolute atomic E-state index is 0.0166. The van der Waals surface area contributed by atoms with E-state index < -0.39 is 5.97 Å². The van der Waals surface area contributed by atoms with E-state index >= 15 is 0 Å². The second-order valence-electron chi connectivity index (χ2n) is 4.21. The SMILES string of the molecule is C=CCOc1cc(OC)ccc1C(=O)NCCCC(=O)O. The summed E-state index contributed by atoms with van der Waals surface area (Å²) in [6.07, 6.45) is 1.97. The molecule has 1 amide bonds. The van der Waals surface area contributed by atoms with E-state index in [1.165, 1.54) is 7.11 Å². The number of carboxylic acid groups (broad SMARTS) is 1. The summed E-state index contributed by atoms with van der Waals surface area (Å²) < 4.78 is 10.5. The topological polar surface area (TPSA) is 84.9 Å². The zero-order chi connectivity index (χ0) is 15.7. The molecule has 0 aliphatic heterocycles. The second kappa shape index (κ2) is 8.63. The molecule has 21 heavy (non-hydrogen) atoms. The number of carboxylic acids is 1. The summed E-state index contributed by atoms with van der Waals surface area (Å²) in [5.41, 5.74) is 0.368. The van der Waals surface area contributed by atoms with Gasteiger partial charge in [-0.15, -0.1) is 0 Å². The first-order chi connectivity index (χ1) is 10.1. The molecule has 6 nitrogen and oxygen atoms in total. The maximum Gasteiger partial charge on any atom is 0.303 e. The smallest absolute Gasteiger partial charge is 0.303 e. The van der Waals surface area contributed by atoms with Gasteiger partial charge in [-0.2, -0.15) is 0 Å². The van der Waals surface area contributed by atoms with Crippen molar-refractivity contribution in [3.63, 3.8) is 0 Å². The normalized spacial score (nSPS) is 9.76. The molecule has 0 saturated carbocycles. The van der Waals surface area contributed by atoms with Crippen molar-refractivity contribution in [2.75, 3.05) is 20.3 Å². The van der Waals surface area contributed by atoms with Crippen LogP contribution in [-0.4, -0.2) is 37.2 Å². The van der Waals surface area contributed by atoms with Gasteiger partial charge in [0.05, 0.1) is 12.7 Å². The van der Waals surface area contributed by atoms with E-state index in [0.29, 0.717) is 23.5 Å². The Kier molecular flexibility index (Phi) is 6.80. The lowest BCUT2D eigenvalue weighted by Crippen LogP contribution is -2.25. The third-order valence-electron chi connectivity index (χ3n) is 2.64. The van der Waals surface area contributed by atoms with Crippen molar-refractivity contribution in [1.82, 2.24) is 5.32 Å². The molecule has 114 valence electrons. The number of methoxy groups -OCH3 is 1. The number of hydrogen-bond donors (Lipinski definition) is 2. The predicted molar refractivity (Wildman–Crippen MR) is 77.9 cm³/mol. The summed E-state index contributed by atoms with van der Waals surface area (Å²) >= 11 is 0. The summed E-state index contributed by atoms with van der Waals surface area (Å²) in [6, 6.07) is 4.88. The maximum absolute atomic E-state index is 12.1. The van der Waals surface area contributed by atoms with Gasteiger partial charge in [0.1, 0.15) is 18.1 Å². The zero-order valence-corrected chi connectivity index (χ0v) is 11.9. The van der Waals surface area contributed by atoms with E-state index in [9.17, 15) is 9.59 Å². The van der Waals surface area contributed by atoms with Crippen LogP contribution in [0, 0.1) is 0 Å². The van der Waals surface area contributed by atoms with Gasteiger partial charge in [0.25, 0.3) is 5.91 Å². The van der Waals surface area contributed by atoms with Gasteiger partial charge in [0.2, 0.25) is 0 Å². The number of carbonyl (C=O) groups excluding carboxylic acids is 1. The molecule has 0 unspecified atom stereocenters. The number of nitrogens with one attached hydrogen (secondary N) is 1. The Morgan fingerprint density at radius 3 is 2.81 bits per heavy atom. The minimum Gasteiger partial charge on any atom is -0.497 e. The average Bonchev–Trinajstić information content (AvgIpc) is 2.48. The van der Waals surface area contributed by atoms with Crippen LogP contribution in [0.4, 0.5) is 0 Å². The van der Waals surface area contributed by atoms with Crippen LogP contribution in [0.15, 0.2) is 30.9 Å². The lowest BCUT2D eigenvalue weighted by atomic mass is 10.1. The van der Waals surface area contributed by atoms with Crippen molar-refractivity contribution in [2.24, 2.45) is 0 Å². The van der Waals surface area contributed by atoms with E-state index in [1.54, 1.807) is 24.3 Å². The van der Waals surface area contributed by atoms with Crippen molar-refractivity contribution in [2.45, 2.75) is 12.8 Å². The van der Waals surface area contributed by atoms with Crippen LogP contribution >= 0.6 is 0 Å². The molecule has 0 radical (unpaired) electrons. The molecule has 0 aromatic heterocycles. The molecule has 1 rings (SSSR count). The van der Waals surface area contributed by atoms with Crippen LogP contribution in [0.3, 0.4) is 0 Å². The number of aliphatic carboxylic acids is 1. The van der Waals surface area contributed by atoms with Crippen molar-refractivity contribution >= 4 is 11.9 Å². The molecule has 0 bridgehead atoms. The third kappa shape index (κ3) is 5.56. The number of rotatable bonds is 9. The van der Waals surface area contributed by atoms with Gasteiger partial charge >= 0.3 is 5.97 Å². The Bertz CT molecular complexity index is 513. The van der Waals surface area contributed by atoms with Gasteiger partial charge in [-0.25, -0.2) is 0 Å². The van der Waals surface area contributed by atoms with Crippen LogP contribution in [0.5, 0.6) is 11.5 Å². The Morgan fingerprint density at radius 1 is 1.43 bits per heavy atom. The fourth-order valence-corrected chi connectivity index (χ4v) is 1.62. The number of hydrogen-bond acceptors (Lipinski definition) is 4. The number of ether oxygens (including phenoxy) is 2. The lowest BCUT2D eigenvalue weighted by molar-refractivity contribution is -0.137. The molecule has 0 atom stereocenters. The standard InChI is InChI=1S/C15H19NO5/c1-3-9-21-13-10-11(20-2)6-7-12(13)15(19)16-8-4-5-14(17)18/h3,6-7,10H,1,4-5,8-9H2,2H3,(H,16,19)(H,17,18). The van der Waals surface area contributed by atoms with Gasteiger partial charge in [-0.1, -0.05) is 12.7 Å². The summed E-state index contributed by atoms with van der Waals surface area (Å²) in [4.78, 5) is 22.5. The number of carbonyl (C=O) groups is 2. The first-order valence-corrected chi connectivity index (χ1v) is 6.50. The largest absolute Gasteiger partial charge is 0.497 e. The second-order valence-corrected chi connectivity index (χ2v) is 4.21. The molecule has 6 heteroatoms. The molecule has 0 aliphatic rings. The average molecular weight is 293 g/mol. The zero-order valence-electron chi connectivity index (χ0n) is 11.9. The summed E-state index contributed by atoms with van der Waals surface area (Å²) in [5, 5.41) is 11.2. The van der Waals surface area contributed by atoms with E-state index in [-0.39, 0.29) is 25.5 Å². The van der Waals surface area contributed by atoms with Crippen molar-refractivity contribution in [3.8, 4) is 11.5 Å². The molecule has 0 aliphatic carbocycles. The quantitative estimate of drug-likeness (QED) is 0.536. The highest BCUT2D eigenvalue weighted by molar-refractivity contribution is 5.97. The van der Waals surface area contributed by atoms with E-state index in [2.05, 4.69) is 11.9 Å². The van der Waals surface area contributed by atoms with E-state index in [4.69, 9.17) is 14.6 Å². The first-order valence-electron chi connectivity index (χ1n) is 6.50. The molecule has 0 fully saturated rings. The van der Waals surface area contributed by atoms with Crippen molar-refractivity contribution in [3.05, 3.63) is 36.4 Å². The van der Waals surface area contributed by atoms with Crippen molar-refractivity contribution in [1.29, 1.82) is 0 Å². The van der Waals surface area contributed by atoms with Gasteiger partial charge in [-0.05, 0) is 18.6 Å². The third-order valence-corrected chi connectivity index (χ3v) is 2.64. The predicted octanol–water partition coefficient (Wildman–Crippen LogP) is 1.85. The molecule has 2 N–H and O–H groups in total. The number of amides is 1. The van der Waals surface area contributed by atoms with Crippen LogP contribution in [-0.2, 0) is 4.79 Å². The maximum atomic E-state index is 12.1. The highest BCUT2D eigenvalue weighted by Gasteiger charge is 2.13. The summed E-state index contributed by atoms with van der Waals surface area (Å²) in [5.74, 6) is -0.229. The molecule has 0 saturated heterocycles. The Balaban J connectivity index is 2.72. The monoisotopic (exact) mass is 293 g/mol. The number of benzene rings is 1. The fraction of sp³-hybridized carbons (Fsp3) is 0.333. The van der Waals surface area contributed by atoms with Crippen LogP contribution in [0.2, 0.25) is 0 Å². The van der Waals surface area contributed by atoms with Gasteiger partial charge < -0.3 is 19.9 Å². The molecular formula is C15H19NO5.